The standard InChI is InChI=1S/C19H14N4O4S2/c1-11-5-6-16(27-11)18-20-13(9-28-18)8-17(24)22-19-21-15(10-29-19)12-3-2-4-14(7-12)23(25)26/h2-7,9-10H,8H2,1H3,(H,21,22,24). The first kappa shape index (κ1) is 19.0. The maximum absolute atomic E-state index is 12.3. The van der Waals surface area contributed by atoms with E-state index in [1.54, 1.807) is 17.5 Å². The summed E-state index contributed by atoms with van der Waals surface area (Å²) in [6, 6.07) is 9.93. The van der Waals surface area contributed by atoms with Crippen LogP contribution in [0.4, 0.5) is 10.8 Å². The Morgan fingerprint density at radius 2 is 2.07 bits per heavy atom. The number of nitro groups is 1. The highest BCUT2D eigenvalue weighted by atomic mass is 32.1. The van der Waals surface area contributed by atoms with Crippen molar-refractivity contribution >= 4 is 39.4 Å². The number of aryl methyl sites for hydroxylation is 1. The van der Waals surface area contributed by atoms with E-state index in [4.69, 9.17) is 4.42 Å². The predicted octanol–water partition coefficient (Wildman–Crippen LogP) is 4.92. The highest BCUT2D eigenvalue weighted by Crippen LogP contribution is 2.28. The van der Waals surface area contributed by atoms with Gasteiger partial charge in [-0.2, -0.15) is 0 Å². The molecule has 1 aromatic carbocycles. The molecule has 0 spiro atoms. The number of carbonyl (C=O) groups is 1. The first-order valence-electron chi connectivity index (χ1n) is 8.49. The van der Waals surface area contributed by atoms with Crippen LogP contribution in [-0.2, 0) is 11.2 Å². The molecule has 0 radical (unpaired) electrons. The van der Waals surface area contributed by atoms with Crippen LogP contribution in [0.1, 0.15) is 11.5 Å². The van der Waals surface area contributed by atoms with Gasteiger partial charge in [0.05, 0.1) is 22.7 Å². The largest absolute Gasteiger partial charge is 0.459 e. The number of thiazole rings is 2. The van der Waals surface area contributed by atoms with E-state index >= 15 is 0 Å². The molecule has 10 heteroatoms. The van der Waals surface area contributed by atoms with Crippen molar-refractivity contribution in [1.82, 2.24) is 9.97 Å². The van der Waals surface area contributed by atoms with E-state index in [-0.39, 0.29) is 18.0 Å². The van der Waals surface area contributed by atoms with Crippen molar-refractivity contribution in [3.8, 4) is 22.0 Å². The summed E-state index contributed by atoms with van der Waals surface area (Å²) < 4.78 is 5.55. The van der Waals surface area contributed by atoms with E-state index in [2.05, 4.69) is 15.3 Å². The van der Waals surface area contributed by atoms with Gasteiger partial charge in [-0.1, -0.05) is 12.1 Å². The molecule has 3 aromatic heterocycles. The Balaban J connectivity index is 1.41. The smallest absolute Gasteiger partial charge is 0.270 e. The molecular formula is C19H14N4O4S2. The highest BCUT2D eigenvalue weighted by molar-refractivity contribution is 7.14. The Morgan fingerprint density at radius 3 is 2.83 bits per heavy atom. The third-order valence-corrected chi connectivity index (χ3v) is 5.61. The molecule has 0 aliphatic carbocycles. The van der Waals surface area contributed by atoms with Gasteiger partial charge in [0, 0.05) is 28.5 Å². The first-order chi connectivity index (χ1) is 14.0. The van der Waals surface area contributed by atoms with Crippen LogP contribution >= 0.6 is 22.7 Å². The quantitative estimate of drug-likeness (QED) is 0.346. The fourth-order valence-corrected chi connectivity index (χ4v) is 4.14. The molecule has 0 fully saturated rings. The average molecular weight is 426 g/mol. The van der Waals surface area contributed by atoms with E-state index in [1.807, 2.05) is 24.4 Å². The topological polar surface area (TPSA) is 111 Å². The van der Waals surface area contributed by atoms with Crippen LogP contribution in [-0.4, -0.2) is 20.8 Å². The number of rotatable bonds is 6. The van der Waals surface area contributed by atoms with Crippen molar-refractivity contribution in [3.05, 3.63) is 68.7 Å². The molecule has 3 heterocycles. The minimum absolute atomic E-state index is 0.00725. The summed E-state index contributed by atoms with van der Waals surface area (Å²) in [5.74, 6) is 1.25. The molecule has 4 aromatic rings. The normalized spacial score (nSPS) is 10.8. The molecular weight excluding hydrogens is 412 g/mol. The zero-order valence-electron chi connectivity index (χ0n) is 15.1. The van der Waals surface area contributed by atoms with Gasteiger partial charge < -0.3 is 9.73 Å². The maximum atomic E-state index is 12.3. The minimum atomic E-state index is -0.454. The Morgan fingerprint density at radius 1 is 1.21 bits per heavy atom. The number of hydrogen-bond donors (Lipinski definition) is 1. The lowest BCUT2D eigenvalue weighted by Gasteiger charge is -2.00. The van der Waals surface area contributed by atoms with Gasteiger partial charge in [0.15, 0.2) is 15.9 Å². The summed E-state index contributed by atoms with van der Waals surface area (Å²) in [5.41, 5.74) is 1.83. The van der Waals surface area contributed by atoms with E-state index in [1.165, 1.54) is 34.8 Å². The lowest BCUT2D eigenvalue weighted by atomic mass is 10.1. The molecule has 0 saturated heterocycles. The van der Waals surface area contributed by atoms with E-state index < -0.39 is 4.92 Å². The molecule has 4 rings (SSSR count). The second kappa shape index (κ2) is 7.94. The van der Waals surface area contributed by atoms with Gasteiger partial charge in [-0.15, -0.1) is 22.7 Å². The third kappa shape index (κ3) is 4.39. The third-order valence-electron chi connectivity index (χ3n) is 3.95. The Hall–Kier alpha value is -3.37. The SMILES string of the molecule is Cc1ccc(-c2nc(CC(=O)Nc3nc(-c4cccc([N+](=O)[O-])c4)cs3)cs2)o1. The molecule has 29 heavy (non-hydrogen) atoms. The van der Waals surface area contributed by atoms with Gasteiger partial charge >= 0.3 is 0 Å². The van der Waals surface area contributed by atoms with Crippen molar-refractivity contribution in [3.63, 3.8) is 0 Å². The van der Waals surface area contributed by atoms with E-state index in [0.717, 1.165) is 10.8 Å². The fourth-order valence-electron chi connectivity index (χ4n) is 2.62. The minimum Gasteiger partial charge on any atom is -0.459 e. The zero-order valence-corrected chi connectivity index (χ0v) is 16.8. The van der Waals surface area contributed by atoms with Gasteiger partial charge in [-0.05, 0) is 19.1 Å². The summed E-state index contributed by atoms with van der Waals surface area (Å²) in [5, 5.41) is 18.4. The number of hydrogen-bond acceptors (Lipinski definition) is 8. The molecule has 0 saturated carbocycles. The van der Waals surface area contributed by atoms with Crippen molar-refractivity contribution in [1.29, 1.82) is 0 Å². The molecule has 0 aliphatic rings. The number of furan rings is 1. The summed E-state index contributed by atoms with van der Waals surface area (Å²) in [6.07, 6.45) is 0.113. The monoisotopic (exact) mass is 426 g/mol. The molecule has 0 bridgehead atoms. The molecule has 0 aliphatic heterocycles. The zero-order chi connectivity index (χ0) is 20.4. The predicted molar refractivity (Wildman–Crippen MR) is 111 cm³/mol. The summed E-state index contributed by atoms with van der Waals surface area (Å²) >= 11 is 2.67. The Labute approximate surface area is 173 Å². The number of non-ortho nitro benzene ring substituents is 1. The second-order valence-electron chi connectivity index (χ2n) is 6.12. The number of anilines is 1. The molecule has 1 amide bonds. The number of nitrogens with one attached hydrogen (secondary N) is 1. The first-order valence-corrected chi connectivity index (χ1v) is 10.3. The van der Waals surface area contributed by atoms with Gasteiger partial charge in [0.25, 0.3) is 5.69 Å². The van der Waals surface area contributed by atoms with Crippen LogP contribution in [0.2, 0.25) is 0 Å². The van der Waals surface area contributed by atoms with E-state index in [9.17, 15) is 14.9 Å². The van der Waals surface area contributed by atoms with Crippen molar-refractivity contribution in [2.24, 2.45) is 0 Å². The van der Waals surface area contributed by atoms with Crippen molar-refractivity contribution < 1.29 is 14.1 Å². The van der Waals surface area contributed by atoms with Gasteiger partial charge in [0.1, 0.15) is 5.76 Å². The maximum Gasteiger partial charge on any atom is 0.270 e. The van der Waals surface area contributed by atoms with E-state index in [0.29, 0.717) is 27.8 Å². The van der Waals surface area contributed by atoms with Crippen LogP contribution in [0.15, 0.2) is 51.6 Å². The summed E-state index contributed by atoms with van der Waals surface area (Å²) in [6.45, 7) is 1.86. The number of aromatic nitrogens is 2. The average Bonchev–Trinajstić information content (AvgIpc) is 3.43. The van der Waals surface area contributed by atoms with Crippen LogP contribution in [0, 0.1) is 17.0 Å². The van der Waals surface area contributed by atoms with Gasteiger partial charge in [-0.25, -0.2) is 9.97 Å². The van der Waals surface area contributed by atoms with Gasteiger partial charge in [0.2, 0.25) is 5.91 Å². The van der Waals surface area contributed by atoms with Crippen LogP contribution in [0.5, 0.6) is 0 Å². The van der Waals surface area contributed by atoms with Gasteiger partial charge in [-0.3, -0.25) is 14.9 Å². The number of benzene rings is 1. The van der Waals surface area contributed by atoms with Crippen molar-refractivity contribution in [2.45, 2.75) is 13.3 Å². The van der Waals surface area contributed by atoms with Crippen LogP contribution in [0.25, 0.3) is 22.0 Å². The summed E-state index contributed by atoms with van der Waals surface area (Å²) in [7, 11) is 0. The Kier molecular flexibility index (Phi) is 5.19. The number of nitro benzene ring substituents is 1. The molecule has 1 N–H and O–H groups in total. The lowest BCUT2D eigenvalue weighted by molar-refractivity contribution is -0.384. The van der Waals surface area contributed by atoms with Crippen molar-refractivity contribution in [2.75, 3.05) is 5.32 Å². The highest BCUT2D eigenvalue weighted by Gasteiger charge is 2.14. The molecule has 0 unspecified atom stereocenters. The molecule has 146 valence electrons. The number of nitrogens with zero attached hydrogens (tertiary/aromatic N) is 3. The molecule has 0 atom stereocenters. The second-order valence-corrected chi connectivity index (χ2v) is 7.84. The Bertz CT molecular complexity index is 1190. The number of carbonyl (C=O) groups excluding carboxylic acids is 1. The van der Waals surface area contributed by atoms with Crippen LogP contribution in [0.3, 0.4) is 0 Å². The fraction of sp³-hybridized carbons (Fsp3) is 0.105. The molecule has 8 nitrogen and oxygen atoms in total. The number of amides is 1. The lowest BCUT2D eigenvalue weighted by Crippen LogP contribution is -2.14. The van der Waals surface area contributed by atoms with Crippen LogP contribution < -0.4 is 5.32 Å². The summed E-state index contributed by atoms with van der Waals surface area (Å²) in [4.78, 5) is 31.6.